The van der Waals surface area contributed by atoms with Gasteiger partial charge >= 0.3 is 0 Å². The fourth-order valence-corrected chi connectivity index (χ4v) is 6.28. The molecule has 8 nitrogen and oxygen atoms in total. The Hall–Kier alpha value is -4.25. The third-order valence-electron chi connectivity index (χ3n) is 7.90. The van der Waals surface area contributed by atoms with Crippen LogP contribution in [0.4, 0.5) is 4.39 Å². The number of nitrogens with zero attached hydrogens (tertiary/aromatic N) is 3. The third-order valence-corrected chi connectivity index (χ3v) is 9.09. The van der Waals surface area contributed by atoms with Gasteiger partial charge in [-0.25, -0.2) is 4.39 Å². The van der Waals surface area contributed by atoms with Crippen molar-refractivity contribution in [1.29, 1.82) is 0 Å². The summed E-state index contributed by atoms with van der Waals surface area (Å²) in [6.07, 6.45) is 6.78. The van der Waals surface area contributed by atoms with Crippen LogP contribution in [0.3, 0.4) is 0 Å². The van der Waals surface area contributed by atoms with E-state index >= 15 is 4.39 Å². The van der Waals surface area contributed by atoms with Gasteiger partial charge in [0.25, 0.3) is 0 Å². The van der Waals surface area contributed by atoms with Gasteiger partial charge in [0.2, 0.25) is 0 Å². The molecule has 3 aromatic heterocycles. The summed E-state index contributed by atoms with van der Waals surface area (Å²) in [5.41, 5.74) is 2.17. The van der Waals surface area contributed by atoms with E-state index in [0.717, 1.165) is 45.9 Å². The Labute approximate surface area is 258 Å². The van der Waals surface area contributed by atoms with E-state index in [-0.39, 0.29) is 30.2 Å². The molecule has 0 bridgehead atoms. The number of nitrogens with one attached hydrogen (secondary N) is 1. The number of hydrogen-bond acceptors (Lipinski definition) is 8. The van der Waals surface area contributed by atoms with Crippen LogP contribution in [0.15, 0.2) is 79.3 Å². The van der Waals surface area contributed by atoms with E-state index in [0.29, 0.717) is 30.8 Å². The predicted octanol–water partition coefficient (Wildman–Crippen LogP) is 6.03. The number of benzene rings is 2. The summed E-state index contributed by atoms with van der Waals surface area (Å²) in [4.78, 5) is 31.6. The number of ketones is 2. The topological polar surface area (TPSA) is 95.3 Å². The molecule has 44 heavy (non-hydrogen) atoms. The summed E-state index contributed by atoms with van der Waals surface area (Å²) < 4.78 is 29.0. The number of ether oxygens (including phenoxy) is 2. The largest absolute Gasteiger partial charge is 0.453 e. The van der Waals surface area contributed by atoms with E-state index in [1.54, 1.807) is 25.4 Å². The molecule has 5 aromatic rings. The second-order valence-corrected chi connectivity index (χ2v) is 12.1. The fraction of sp³-hybridized carbons (Fsp3) is 0.294. The second-order valence-electron chi connectivity index (χ2n) is 11.0. The quantitative estimate of drug-likeness (QED) is 0.114. The Kier molecular flexibility index (Phi) is 8.92. The molecule has 0 spiro atoms. The van der Waals surface area contributed by atoms with Gasteiger partial charge in [0.1, 0.15) is 5.75 Å². The standard InChI is InChI=1S/C34H33FN4O4S/c1-42-16-14-36-13-15-39-22-25(21-38-39)30-20-27-33(44-30)29(9-12-37-27)43-28-8-7-24(17-26(28)35)19-32(41)34(10-11-34)31(40)18-23-5-3-2-4-6-23/h2-9,12,17,20-22,36H,10-11,13-16,18-19H2,1H3. The van der Waals surface area contributed by atoms with Crippen molar-refractivity contribution in [1.82, 2.24) is 20.1 Å². The van der Waals surface area contributed by atoms with Crippen molar-refractivity contribution in [2.75, 3.05) is 26.8 Å². The smallest absolute Gasteiger partial charge is 0.166 e. The molecule has 1 saturated carbocycles. The molecular formula is C34H33FN4O4S. The number of hydrogen-bond donors (Lipinski definition) is 1. The molecule has 1 N–H and O–H groups in total. The summed E-state index contributed by atoms with van der Waals surface area (Å²) in [5.74, 6) is -0.239. The summed E-state index contributed by atoms with van der Waals surface area (Å²) in [5, 5.41) is 7.77. The number of aromatic nitrogens is 3. The van der Waals surface area contributed by atoms with Crippen molar-refractivity contribution in [2.45, 2.75) is 32.2 Å². The minimum atomic E-state index is -0.946. The van der Waals surface area contributed by atoms with Crippen molar-refractivity contribution in [2.24, 2.45) is 5.41 Å². The molecule has 0 unspecified atom stereocenters. The first-order valence-electron chi connectivity index (χ1n) is 14.6. The van der Waals surface area contributed by atoms with Gasteiger partial charge < -0.3 is 14.8 Å². The number of methoxy groups -OCH3 is 1. The van der Waals surface area contributed by atoms with E-state index < -0.39 is 11.2 Å². The number of pyridine rings is 1. The molecule has 0 atom stereocenters. The Balaban J connectivity index is 1.11. The Morgan fingerprint density at radius 1 is 1.00 bits per heavy atom. The van der Waals surface area contributed by atoms with Gasteiger partial charge in [0, 0.05) is 61.9 Å². The number of thiophene rings is 1. The number of halogens is 1. The fourth-order valence-electron chi connectivity index (χ4n) is 5.24. The molecule has 1 fully saturated rings. The Bertz CT molecular complexity index is 1780. The third kappa shape index (κ3) is 6.62. The van der Waals surface area contributed by atoms with Crippen molar-refractivity contribution in [3.63, 3.8) is 0 Å². The average Bonchev–Trinajstić information content (AvgIpc) is 3.51. The molecule has 0 saturated heterocycles. The van der Waals surface area contributed by atoms with Gasteiger partial charge in [-0.2, -0.15) is 5.10 Å². The van der Waals surface area contributed by atoms with Gasteiger partial charge in [0.15, 0.2) is 23.1 Å². The first kappa shape index (κ1) is 29.8. The highest BCUT2D eigenvalue weighted by atomic mass is 32.1. The summed E-state index contributed by atoms with van der Waals surface area (Å²) in [7, 11) is 1.68. The van der Waals surface area contributed by atoms with E-state index in [1.807, 2.05) is 53.5 Å². The number of carbonyl (C=O) groups is 2. The van der Waals surface area contributed by atoms with Crippen molar-refractivity contribution in [3.05, 3.63) is 96.2 Å². The zero-order valence-corrected chi connectivity index (χ0v) is 25.2. The lowest BCUT2D eigenvalue weighted by atomic mass is 9.88. The molecule has 226 valence electrons. The van der Waals surface area contributed by atoms with Crippen LogP contribution in [-0.2, 0) is 33.7 Å². The average molecular weight is 613 g/mol. The van der Waals surface area contributed by atoms with E-state index in [2.05, 4.69) is 15.4 Å². The Morgan fingerprint density at radius 2 is 1.80 bits per heavy atom. The zero-order chi connectivity index (χ0) is 30.5. The van der Waals surface area contributed by atoms with Gasteiger partial charge in [-0.05, 0) is 42.2 Å². The van der Waals surface area contributed by atoms with E-state index in [1.165, 1.54) is 23.5 Å². The first-order chi connectivity index (χ1) is 21.4. The van der Waals surface area contributed by atoms with Crippen LogP contribution in [-0.4, -0.2) is 53.1 Å². The zero-order valence-electron chi connectivity index (χ0n) is 24.4. The maximum atomic E-state index is 15.2. The molecule has 1 aliphatic rings. The second kappa shape index (κ2) is 13.2. The van der Waals surface area contributed by atoms with Crippen LogP contribution in [0, 0.1) is 11.2 Å². The van der Waals surface area contributed by atoms with Gasteiger partial charge in [0.05, 0.1) is 35.0 Å². The maximum absolute atomic E-state index is 15.2. The van der Waals surface area contributed by atoms with Crippen LogP contribution in [0.25, 0.3) is 20.7 Å². The minimum absolute atomic E-state index is 0.00240. The highest BCUT2D eigenvalue weighted by Crippen LogP contribution is 2.49. The molecule has 0 amide bonds. The van der Waals surface area contributed by atoms with Crippen LogP contribution < -0.4 is 10.1 Å². The predicted molar refractivity (Wildman–Crippen MR) is 168 cm³/mol. The van der Waals surface area contributed by atoms with Gasteiger partial charge in [-0.3, -0.25) is 19.3 Å². The van der Waals surface area contributed by atoms with Crippen molar-refractivity contribution < 1.29 is 23.5 Å². The summed E-state index contributed by atoms with van der Waals surface area (Å²) in [6.45, 7) is 2.96. The molecule has 1 aliphatic carbocycles. The lowest BCUT2D eigenvalue weighted by molar-refractivity contribution is -0.133. The van der Waals surface area contributed by atoms with Crippen molar-refractivity contribution >= 4 is 33.1 Å². The highest BCUT2D eigenvalue weighted by Gasteiger charge is 2.54. The highest BCUT2D eigenvalue weighted by molar-refractivity contribution is 7.22. The number of carbonyl (C=O) groups excluding carboxylic acids is 2. The summed E-state index contributed by atoms with van der Waals surface area (Å²) in [6, 6.07) is 17.7. The molecule has 10 heteroatoms. The molecule has 0 radical (unpaired) electrons. The Morgan fingerprint density at radius 3 is 2.55 bits per heavy atom. The van der Waals surface area contributed by atoms with Gasteiger partial charge in [-0.15, -0.1) is 11.3 Å². The molecule has 3 heterocycles. The van der Waals surface area contributed by atoms with Gasteiger partial charge in [-0.1, -0.05) is 36.4 Å². The monoisotopic (exact) mass is 612 g/mol. The molecular weight excluding hydrogens is 579 g/mol. The van der Waals surface area contributed by atoms with Crippen LogP contribution in [0.5, 0.6) is 11.5 Å². The number of fused-ring (bicyclic) bond motifs is 1. The maximum Gasteiger partial charge on any atom is 0.166 e. The molecule has 6 rings (SSSR count). The molecule has 2 aromatic carbocycles. The van der Waals surface area contributed by atoms with Crippen LogP contribution in [0.1, 0.15) is 24.0 Å². The lowest BCUT2D eigenvalue weighted by Crippen LogP contribution is -2.28. The van der Waals surface area contributed by atoms with Crippen LogP contribution in [0.2, 0.25) is 0 Å². The number of Topliss-reactive ketones (excluding diaryl/α,β-unsaturated/α-hetero) is 2. The van der Waals surface area contributed by atoms with Crippen LogP contribution >= 0.6 is 11.3 Å². The van der Waals surface area contributed by atoms with E-state index in [4.69, 9.17) is 9.47 Å². The minimum Gasteiger partial charge on any atom is -0.453 e. The first-order valence-corrected chi connectivity index (χ1v) is 15.4. The van der Waals surface area contributed by atoms with E-state index in [9.17, 15) is 9.59 Å². The normalized spacial score (nSPS) is 13.7. The summed E-state index contributed by atoms with van der Waals surface area (Å²) >= 11 is 1.50. The van der Waals surface area contributed by atoms with Crippen molar-refractivity contribution in [3.8, 4) is 21.9 Å². The SMILES string of the molecule is COCCNCCn1cc(-c2cc3nccc(Oc4ccc(CC(=O)C5(C(=O)Cc6ccccc6)CC5)cc4F)c3s2)cn1. The lowest BCUT2D eigenvalue weighted by Gasteiger charge is -2.14. The number of rotatable bonds is 15. The molecule has 0 aliphatic heterocycles.